The SMILES string of the molecule is N#Cc1ncn(CC(O)CC(=O)O)n1. The van der Waals surface area contributed by atoms with E-state index in [4.69, 9.17) is 10.4 Å². The van der Waals surface area contributed by atoms with Crippen LogP contribution in [0.2, 0.25) is 0 Å². The van der Waals surface area contributed by atoms with Crippen LogP contribution in [0.4, 0.5) is 0 Å². The van der Waals surface area contributed by atoms with Crippen LogP contribution < -0.4 is 0 Å². The molecule has 7 nitrogen and oxygen atoms in total. The molecular formula is C7H8N4O3. The van der Waals surface area contributed by atoms with Crippen molar-refractivity contribution in [2.24, 2.45) is 0 Å². The second-order valence-electron chi connectivity index (χ2n) is 2.65. The van der Waals surface area contributed by atoms with Gasteiger partial charge in [0.15, 0.2) is 0 Å². The van der Waals surface area contributed by atoms with Crippen LogP contribution in [-0.2, 0) is 11.3 Å². The van der Waals surface area contributed by atoms with Gasteiger partial charge in [-0.25, -0.2) is 9.67 Å². The molecule has 1 aromatic heterocycles. The second kappa shape index (κ2) is 4.34. The normalized spacial score (nSPS) is 12.0. The summed E-state index contributed by atoms with van der Waals surface area (Å²) in [7, 11) is 0. The van der Waals surface area contributed by atoms with Gasteiger partial charge in [0.1, 0.15) is 12.4 Å². The van der Waals surface area contributed by atoms with Crippen LogP contribution >= 0.6 is 0 Å². The molecule has 0 saturated heterocycles. The zero-order chi connectivity index (χ0) is 10.6. The Bertz CT molecular complexity index is 367. The maximum absolute atomic E-state index is 10.2. The molecule has 0 aromatic carbocycles. The lowest BCUT2D eigenvalue weighted by molar-refractivity contribution is -0.139. The summed E-state index contributed by atoms with van der Waals surface area (Å²) < 4.78 is 1.23. The third-order valence-corrected chi connectivity index (χ3v) is 1.44. The molecule has 0 spiro atoms. The standard InChI is InChI=1S/C7H8N4O3/c8-2-6-9-4-11(10-6)3-5(12)1-7(13)14/h4-5,12H,1,3H2,(H,13,14). The van der Waals surface area contributed by atoms with Gasteiger partial charge in [0.05, 0.1) is 19.1 Å². The maximum Gasteiger partial charge on any atom is 0.306 e. The Kier molecular flexibility index (Phi) is 3.14. The molecule has 0 aliphatic carbocycles. The van der Waals surface area contributed by atoms with Gasteiger partial charge < -0.3 is 10.2 Å². The van der Waals surface area contributed by atoms with Crippen molar-refractivity contribution in [3.05, 3.63) is 12.2 Å². The molecule has 1 aromatic rings. The highest BCUT2D eigenvalue weighted by atomic mass is 16.4. The van der Waals surface area contributed by atoms with E-state index in [0.717, 1.165) is 0 Å². The maximum atomic E-state index is 10.2. The Morgan fingerprint density at radius 1 is 1.79 bits per heavy atom. The smallest absolute Gasteiger partial charge is 0.306 e. The molecule has 74 valence electrons. The molecule has 1 unspecified atom stereocenters. The van der Waals surface area contributed by atoms with Crippen LogP contribution in [0.1, 0.15) is 12.2 Å². The highest BCUT2D eigenvalue weighted by Crippen LogP contribution is 1.96. The van der Waals surface area contributed by atoms with Gasteiger partial charge in [-0.1, -0.05) is 0 Å². The largest absolute Gasteiger partial charge is 0.481 e. The van der Waals surface area contributed by atoms with Crippen molar-refractivity contribution in [2.45, 2.75) is 19.1 Å². The minimum Gasteiger partial charge on any atom is -0.481 e. The van der Waals surface area contributed by atoms with E-state index in [9.17, 15) is 9.90 Å². The van der Waals surface area contributed by atoms with Crippen molar-refractivity contribution in [2.75, 3.05) is 0 Å². The van der Waals surface area contributed by atoms with Crippen LogP contribution in [0.15, 0.2) is 6.33 Å². The quantitative estimate of drug-likeness (QED) is 0.637. The molecule has 0 fully saturated rings. The van der Waals surface area contributed by atoms with Gasteiger partial charge in [-0.2, -0.15) is 5.26 Å². The highest BCUT2D eigenvalue weighted by Gasteiger charge is 2.11. The Balaban J connectivity index is 2.52. The summed E-state index contributed by atoms with van der Waals surface area (Å²) in [6.45, 7) is 0.0149. The summed E-state index contributed by atoms with van der Waals surface area (Å²) in [6.07, 6.45) is -0.119. The Morgan fingerprint density at radius 3 is 3.00 bits per heavy atom. The molecule has 0 saturated carbocycles. The van der Waals surface area contributed by atoms with Crippen molar-refractivity contribution in [1.82, 2.24) is 14.8 Å². The summed E-state index contributed by atoms with van der Waals surface area (Å²) in [5.74, 6) is -1.09. The lowest BCUT2D eigenvalue weighted by Crippen LogP contribution is -2.20. The molecule has 1 atom stereocenters. The van der Waals surface area contributed by atoms with Gasteiger partial charge in [0, 0.05) is 0 Å². The number of nitriles is 1. The number of carbonyl (C=O) groups is 1. The Labute approximate surface area is 79.2 Å². The lowest BCUT2D eigenvalue weighted by atomic mass is 10.2. The van der Waals surface area contributed by atoms with Gasteiger partial charge in [-0.05, 0) is 0 Å². The monoisotopic (exact) mass is 196 g/mol. The third-order valence-electron chi connectivity index (χ3n) is 1.44. The molecule has 0 amide bonds. The topological polar surface area (TPSA) is 112 Å². The molecule has 2 N–H and O–H groups in total. The van der Waals surface area contributed by atoms with Gasteiger partial charge in [-0.15, -0.1) is 5.10 Å². The lowest BCUT2D eigenvalue weighted by Gasteiger charge is -2.06. The number of nitrogens with zero attached hydrogens (tertiary/aromatic N) is 4. The molecule has 1 heterocycles. The average Bonchev–Trinajstić information content (AvgIpc) is 2.50. The molecule has 14 heavy (non-hydrogen) atoms. The second-order valence-corrected chi connectivity index (χ2v) is 2.65. The number of hydrogen-bond donors (Lipinski definition) is 2. The van der Waals surface area contributed by atoms with Crippen molar-refractivity contribution < 1.29 is 15.0 Å². The third kappa shape index (κ3) is 2.84. The molecular weight excluding hydrogens is 188 g/mol. The number of carboxylic acids is 1. The molecule has 1 rings (SSSR count). The van der Waals surface area contributed by atoms with Crippen molar-refractivity contribution in [3.63, 3.8) is 0 Å². The summed E-state index contributed by atoms with van der Waals surface area (Å²) in [6, 6.07) is 1.72. The number of aromatic nitrogens is 3. The predicted molar refractivity (Wildman–Crippen MR) is 43.0 cm³/mol. The Morgan fingerprint density at radius 2 is 2.50 bits per heavy atom. The van der Waals surface area contributed by atoms with E-state index in [2.05, 4.69) is 10.1 Å². The van der Waals surface area contributed by atoms with Crippen molar-refractivity contribution >= 4 is 5.97 Å². The summed E-state index contributed by atoms with van der Waals surface area (Å²) >= 11 is 0. The van der Waals surface area contributed by atoms with E-state index in [-0.39, 0.29) is 18.8 Å². The summed E-state index contributed by atoms with van der Waals surface area (Å²) in [4.78, 5) is 13.8. The summed E-state index contributed by atoms with van der Waals surface area (Å²) in [5, 5.41) is 29.6. The van der Waals surface area contributed by atoms with Gasteiger partial charge in [0.2, 0.25) is 0 Å². The molecule has 7 heteroatoms. The average molecular weight is 196 g/mol. The zero-order valence-corrected chi connectivity index (χ0v) is 7.16. The van der Waals surface area contributed by atoms with E-state index in [1.54, 1.807) is 6.07 Å². The van der Waals surface area contributed by atoms with E-state index < -0.39 is 12.1 Å². The fraction of sp³-hybridized carbons (Fsp3) is 0.429. The van der Waals surface area contributed by atoms with E-state index >= 15 is 0 Å². The first kappa shape index (κ1) is 10.1. The van der Waals surface area contributed by atoms with Gasteiger partial charge >= 0.3 is 5.97 Å². The van der Waals surface area contributed by atoms with Gasteiger partial charge in [-0.3, -0.25) is 4.79 Å². The molecule has 0 aliphatic rings. The minimum absolute atomic E-state index is 0.00692. The number of rotatable bonds is 4. The van der Waals surface area contributed by atoms with E-state index in [1.807, 2.05) is 0 Å². The molecule has 0 bridgehead atoms. The number of aliphatic hydroxyl groups is 1. The predicted octanol–water partition coefficient (Wildman–Crippen LogP) is -1.01. The first-order valence-corrected chi connectivity index (χ1v) is 3.81. The number of carboxylic acid groups (broad SMARTS) is 1. The van der Waals surface area contributed by atoms with Crippen molar-refractivity contribution in [1.29, 1.82) is 5.26 Å². The Hall–Kier alpha value is -1.94. The molecule has 0 aliphatic heterocycles. The number of aliphatic hydroxyl groups excluding tert-OH is 1. The van der Waals surface area contributed by atoms with Crippen molar-refractivity contribution in [3.8, 4) is 6.07 Å². The number of hydrogen-bond acceptors (Lipinski definition) is 5. The first-order valence-electron chi connectivity index (χ1n) is 3.81. The van der Waals surface area contributed by atoms with Crippen LogP contribution in [0.3, 0.4) is 0 Å². The fourth-order valence-corrected chi connectivity index (χ4v) is 0.916. The fourth-order valence-electron chi connectivity index (χ4n) is 0.916. The van der Waals surface area contributed by atoms with Gasteiger partial charge in [0.25, 0.3) is 5.82 Å². The van der Waals surface area contributed by atoms with Crippen LogP contribution in [0.25, 0.3) is 0 Å². The minimum atomic E-state index is -1.09. The van der Waals surface area contributed by atoms with Crippen LogP contribution in [0, 0.1) is 11.3 Å². The summed E-state index contributed by atoms with van der Waals surface area (Å²) in [5.41, 5.74) is 0. The highest BCUT2D eigenvalue weighted by molar-refractivity contribution is 5.67. The van der Waals surface area contributed by atoms with E-state index in [1.165, 1.54) is 11.0 Å². The first-order chi connectivity index (χ1) is 6.61. The zero-order valence-electron chi connectivity index (χ0n) is 7.16. The number of aliphatic carboxylic acids is 1. The molecule has 0 radical (unpaired) electrons. The van der Waals surface area contributed by atoms with E-state index in [0.29, 0.717) is 0 Å². The van der Waals surface area contributed by atoms with Crippen LogP contribution in [-0.4, -0.2) is 37.1 Å². The van der Waals surface area contributed by atoms with Crippen LogP contribution in [0.5, 0.6) is 0 Å².